The van der Waals surface area contributed by atoms with Gasteiger partial charge in [-0.15, -0.1) is 0 Å². The fourth-order valence-corrected chi connectivity index (χ4v) is 2.12. The Kier molecular flexibility index (Phi) is 4.24. The first-order valence-electron chi connectivity index (χ1n) is 5.92. The number of nitrogens with zero attached hydrogens (tertiary/aromatic N) is 1. The number of benzene rings is 1. The molecule has 1 amide bonds. The molecule has 1 N–H and O–H groups in total. The van der Waals surface area contributed by atoms with Gasteiger partial charge in [0.25, 0.3) is 0 Å². The van der Waals surface area contributed by atoms with Crippen LogP contribution in [0.25, 0.3) is 0 Å². The van der Waals surface area contributed by atoms with Crippen LogP contribution in [0.3, 0.4) is 0 Å². The third kappa shape index (κ3) is 2.84. The molecule has 1 saturated heterocycles. The van der Waals surface area contributed by atoms with Crippen LogP contribution in [0, 0.1) is 11.8 Å². The molecule has 1 aromatic carbocycles. The minimum atomic E-state index is 0.0402. The summed E-state index contributed by atoms with van der Waals surface area (Å²) in [5, 5.41) is 9.32. The van der Waals surface area contributed by atoms with Crippen molar-refractivity contribution < 1.29 is 9.90 Å². The summed E-state index contributed by atoms with van der Waals surface area (Å²) >= 11 is 5.98. The van der Waals surface area contributed by atoms with Crippen molar-refractivity contribution >= 4 is 23.2 Å². The lowest BCUT2D eigenvalue weighted by atomic mass is 10.1. The number of aliphatic hydroxyl groups excluding tert-OH is 1. The first-order chi connectivity index (χ1) is 8.72. The molecular formula is C14H14ClNO2. The van der Waals surface area contributed by atoms with E-state index in [-0.39, 0.29) is 12.5 Å². The lowest BCUT2D eigenvalue weighted by Crippen LogP contribution is -2.24. The Hall–Kier alpha value is -1.50. The number of amides is 1. The van der Waals surface area contributed by atoms with Gasteiger partial charge < -0.3 is 10.0 Å². The highest BCUT2D eigenvalue weighted by molar-refractivity contribution is 6.31. The van der Waals surface area contributed by atoms with E-state index in [0.717, 1.165) is 17.7 Å². The molecule has 0 unspecified atom stereocenters. The van der Waals surface area contributed by atoms with Gasteiger partial charge in [0.05, 0.1) is 12.3 Å². The molecule has 4 heteroatoms. The Morgan fingerprint density at radius 1 is 1.44 bits per heavy atom. The first kappa shape index (κ1) is 12.9. The average Bonchev–Trinajstić information content (AvgIpc) is 2.77. The molecule has 1 aliphatic heterocycles. The number of anilines is 1. The molecule has 0 radical (unpaired) electrons. The van der Waals surface area contributed by atoms with Gasteiger partial charge in [-0.05, 0) is 24.6 Å². The van der Waals surface area contributed by atoms with Crippen LogP contribution in [0.5, 0.6) is 0 Å². The predicted octanol–water partition coefficient (Wildman–Crippen LogP) is 2.20. The molecule has 0 aromatic heterocycles. The maximum Gasteiger partial charge on any atom is 0.227 e. The third-order valence-corrected chi connectivity index (χ3v) is 3.02. The van der Waals surface area contributed by atoms with Crippen LogP contribution in [0.2, 0.25) is 5.02 Å². The van der Waals surface area contributed by atoms with Gasteiger partial charge in [-0.2, -0.15) is 0 Å². The van der Waals surface area contributed by atoms with Crippen molar-refractivity contribution in [2.75, 3.05) is 18.1 Å². The standard InChI is InChI=1S/C14H14ClNO2/c15-12-7-6-11(4-1-2-9-17)13(10-12)16-8-3-5-14(16)18/h6-7,10,17H,2-3,5,8-9H2. The topological polar surface area (TPSA) is 40.5 Å². The summed E-state index contributed by atoms with van der Waals surface area (Å²) in [6.45, 7) is 0.756. The van der Waals surface area contributed by atoms with E-state index in [0.29, 0.717) is 24.4 Å². The van der Waals surface area contributed by atoms with Crippen molar-refractivity contribution in [1.29, 1.82) is 0 Å². The molecule has 94 valence electrons. The molecule has 18 heavy (non-hydrogen) atoms. The van der Waals surface area contributed by atoms with Crippen molar-refractivity contribution in [2.24, 2.45) is 0 Å². The number of halogens is 1. The van der Waals surface area contributed by atoms with Gasteiger partial charge in [0, 0.05) is 30.0 Å². The van der Waals surface area contributed by atoms with E-state index >= 15 is 0 Å². The van der Waals surface area contributed by atoms with Crippen LogP contribution in [0.1, 0.15) is 24.8 Å². The lowest BCUT2D eigenvalue weighted by Gasteiger charge is -2.17. The van der Waals surface area contributed by atoms with E-state index in [1.54, 1.807) is 17.0 Å². The van der Waals surface area contributed by atoms with Gasteiger partial charge in [-0.25, -0.2) is 0 Å². The van der Waals surface area contributed by atoms with Gasteiger partial charge >= 0.3 is 0 Å². The molecule has 0 aliphatic carbocycles. The summed E-state index contributed by atoms with van der Waals surface area (Å²) < 4.78 is 0. The van der Waals surface area contributed by atoms with Crippen molar-refractivity contribution in [3.05, 3.63) is 28.8 Å². The van der Waals surface area contributed by atoms with Crippen molar-refractivity contribution in [2.45, 2.75) is 19.3 Å². The van der Waals surface area contributed by atoms with E-state index < -0.39 is 0 Å². The van der Waals surface area contributed by atoms with Crippen molar-refractivity contribution in [3.63, 3.8) is 0 Å². The zero-order valence-corrected chi connectivity index (χ0v) is 10.7. The summed E-state index contributed by atoms with van der Waals surface area (Å²) in [5.74, 6) is 5.96. The van der Waals surface area contributed by atoms with Crippen molar-refractivity contribution in [3.8, 4) is 11.8 Å². The van der Waals surface area contributed by atoms with E-state index in [1.807, 2.05) is 6.07 Å². The molecule has 2 rings (SSSR count). The minimum Gasteiger partial charge on any atom is -0.395 e. The summed E-state index contributed by atoms with van der Waals surface area (Å²) in [7, 11) is 0. The highest BCUT2D eigenvalue weighted by Gasteiger charge is 2.23. The van der Waals surface area contributed by atoms with Gasteiger partial charge in [-0.1, -0.05) is 23.4 Å². The quantitative estimate of drug-likeness (QED) is 0.831. The second kappa shape index (κ2) is 5.90. The van der Waals surface area contributed by atoms with Gasteiger partial charge in [0.15, 0.2) is 0 Å². The Labute approximate surface area is 111 Å². The second-order valence-electron chi connectivity index (χ2n) is 4.09. The smallest absolute Gasteiger partial charge is 0.227 e. The molecule has 0 bridgehead atoms. The highest BCUT2D eigenvalue weighted by Crippen LogP contribution is 2.28. The largest absolute Gasteiger partial charge is 0.395 e. The van der Waals surface area contributed by atoms with Crippen LogP contribution in [-0.2, 0) is 4.79 Å². The van der Waals surface area contributed by atoms with Crippen LogP contribution in [0.4, 0.5) is 5.69 Å². The monoisotopic (exact) mass is 263 g/mol. The molecule has 1 heterocycles. The first-order valence-corrected chi connectivity index (χ1v) is 6.30. The molecule has 1 fully saturated rings. The second-order valence-corrected chi connectivity index (χ2v) is 4.52. The maximum atomic E-state index is 11.8. The van der Waals surface area contributed by atoms with E-state index in [2.05, 4.69) is 11.8 Å². The van der Waals surface area contributed by atoms with E-state index in [9.17, 15) is 4.79 Å². The Morgan fingerprint density at radius 2 is 2.28 bits per heavy atom. The van der Waals surface area contributed by atoms with Crippen molar-refractivity contribution in [1.82, 2.24) is 0 Å². The lowest BCUT2D eigenvalue weighted by molar-refractivity contribution is -0.117. The van der Waals surface area contributed by atoms with Crippen LogP contribution >= 0.6 is 11.6 Å². The zero-order chi connectivity index (χ0) is 13.0. The number of aliphatic hydroxyl groups is 1. The number of hydrogen-bond acceptors (Lipinski definition) is 2. The maximum absolute atomic E-state index is 11.8. The van der Waals surface area contributed by atoms with E-state index in [4.69, 9.17) is 16.7 Å². The number of rotatable bonds is 2. The molecule has 0 saturated carbocycles. The summed E-state index contributed by atoms with van der Waals surface area (Å²) in [5.41, 5.74) is 1.55. The summed E-state index contributed by atoms with van der Waals surface area (Å²) in [6.07, 6.45) is 1.88. The summed E-state index contributed by atoms with van der Waals surface area (Å²) in [4.78, 5) is 13.5. The molecule has 0 spiro atoms. The number of carbonyl (C=O) groups is 1. The van der Waals surface area contributed by atoms with Crippen LogP contribution < -0.4 is 4.90 Å². The Morgan fingerprint density at radius 3 is 2.94 bits per heavy atom. The predicted molar refractivity (Wildman–Crippen MR) is 71.6 cm³/mol. The average molecular weight is 264 g/mol. The number of carbonyl (C=O) groups excluding carboxylic acids is 1. The van der Waals surface area contributed by atoms with Crippen LogP contribution in [-0.4, -0.2) is 24.2 Å². The van der Waals surface area contributed by atoms with Gasteiger partial charge in [-0.3, -0.25) is 4.79 Å². The normalized spacial score (nSPS) is 14.6. The van der Waals surface area contributed by atoms with Gasteiger partial charge in [0.1, 0.15) is 0 Å². The highest BCUT2D eigenvalue weighted by atomic mass is 35.5. The van der Waals surface area contributed by atoms with Gasteiger partial charge in [0.2, 0.25) is 5.91 Å². The van der Waals surface area contributed by atoms with Crippen LogP contribution in [0.15, 0.2) is 18.2 Å². The molecule has 0 atom stereocenters. The minimum absolute atomic E-state index is 0.0402. The molecule has 1 aromatic rings. The third-order valence-electron chi connectivity index (χ3n) is 2.78. The molecule has 1 aliphatic rings. The molecule has 3 nitrogen and oxygen atoms in total. The fraction of sp³-hybridized carbons (Fsp3) is 0.357. The zero-order valence-electron chi connectivity index (χ0n) is 9.95. The SMILES string of the molecule is O=C1CCCN1c1cc(Cl)ccc1C#CCCO. The Balaban J connectivity index is 2.35. The fourth-order valence-electron chi connectivity index (χ4n) is 1.95. The van der Waals surface area contributed by atoms with E-state index in [1.165, 1.54) is 0 Å². The molecular weight excluding hydrogens is 250 g/mol. The number of hydrogen-bond donors (Lipinski definition) is 1. The summed E-state index contributed by atoms with van der Waals surface area (Å²) in [6, 6.07) is 5.34. The Bertz CT molecular complexity index is 516.